The quantitative estimate of drug-likeness (QED) is 0.609. The molecular weight excluding hydrogens is 250 g/mol. The van der Waals surface area contributed by atoms with Crippen LogP contribution in [0.1, 0.15) is 18.4 Å². The van der Waals surface area contributed by atoms with Crippen molar-refractivity contribution >= 4 is 11.8 Å². The summed E-state index contributed by atoms with van der Waals surface area (Å²) in [6.07, 6.45) is 6.43. The fourth-order valence-corrected chi connectivity index (χ4v) is 4.06. The van der Waals surface area contributed by atoms with E-state index in [1.54, 1.807) is 0 Å². The highest BCUT2D eigenvalue weighted by atomic mass is 16.2. The molecule has 0 radical (unpaired) electrons. The van der Waals surface area contributed by atoms with Gasteiger partial charge in [0.15, 0.2) is 0 Å². The number of fused-ring (bicyclic) bond motifs is 1. The minimum absolute atomic E-state index is 0.0444. The Hall–Kier alpha value is -1.90. The first-order valence-electron chi connectivity index (χ1n) is 7.33. The first-order valence-corrected chi connectivity index (χ1v) is 7.33. The van der Waals surface area contributed by atoms with Gasteiger partial charge in [0.05, 0.1) is 18.4 Å². The smallest absolute Gasteiger partial charge is 0.234 e. The zero-order chi connectivity index (χ0) is 13.7. The van der Waals surface area contributed by atoms with Crippen molar-refractivity contribution in [3.05, 3.63) is 48.0 Å². The molecule has 0 aromatic heterocycles. The standard InChI is InChI=1S/C17H17NO2/c19-16-14-12-6-7-13(9-8-12)15(14)17(20)18(16)10-11-4-2-1-3-5-11/h1-7,12-15H,8-10H2/t12-,13-,14-,15+/m0/s1. The Labute approximate surface area is 118 Å². The average Bonchev–Trinajstić information content (AvgIpc) is 2.77. The lowest BCUT2D eigenvalue weighted by Crippen LogP contribution is -2.38. The van der Waals surface area contributed by atoms with Crippen LogP contribution in [-0.2, 0) is 16.1 Å². The molecule has 4 aliphatic rings. The van der Waals surface area contributed by atoms with Gasteiger partial charge in [-0.15, -0.1) is 0 Å². The summed E-state index contributed by atoms with van der Waals surface area (Å²) >= 11 is 0. The molecule has 4 atom stereocenters. The van der Waals surface area contributed by atoms with E-state index in [2.05, 4.69) is 12.2 Å². The molecule has 1 saturated heterocycles. The predicted octanol–water partition coefficient (Wildman–Crippen LogP) is 2.38. The molecule has 3 aliphatic carbocycles. The molecule has 1 heterocycles. The summed E-state index contributed by atoms with van der Waals surface area (Å²) in [5.74, 6) is 0.472. The molecule has 3 heteroatoms. The third kappa shape index (κ3) is 1.59. The molecule has 3 nitrogen and oxygen atoms in total. The molecule has 0 spiro atoms. The Morgan fingerprint density at radius 1 is 0.900 bits per heavy atom. The molecule has 0 unspecified atom stereocenters. The Bertz CT molecular complexity index is 560. The summed E-state index contributed by atoms with van der Waals surface area (Å²) < 4.78 is 0. The normalized spacial score (nSPS) is 34.7. The van der Waals surface area contributed by atoms with Crippen molar-refractivity contribution in [3.63, 3.8) is 0 Å². The minimum Gasteiger partial charge on any atom is -0.278 e. The first kappa shape index (κ1) is 11.9. The van der Waals surface area contributed by atoms with Gasteiger partial charge in [-0.25, -0.2) is 0 Å². The molecule has 2 fully saturated rings. The van der Waals surface area contributed by atoms with Crippen LogP contribution in [-0.4, -0.2) is 16.7 Å². The van der Waals surface area contributed by atoms with Crippen molar-refractivity contribution in [2.75, 3.05) is 0 Å². The second-order valence-corrected chi connectivity index (χ2v) is 6.09. The summed E-state index contributed by atoms with van der Waals surface area (Å²) in [6, 6.07) is 9.77. The van der Waals surface area contributed by atoms with Crippen molar-refractivity contribution < 1.29 is 9.59 Å². The van der Waals surface area contributed by atoms with Gasteiger partial charge >= 0.3 is 0 Å². The van der Waals surface area contributed by atoms with Crippen LogP contribution in [0.2, 0.25) is 0 Å². The summed E-state index contributed by atoms with van der Waals surface area (Å²) in [5.41, 5.74) is 1.02. The third-order valence-electron chi connectivity index (χ3n) is 5.03. The van der Waals surface area contributed by atoms with Gasteiger partial charge in [-0.3, -0.25) is 14.5 Å². The van der Waals surface area contributed by atoms with E-state index in [-0.39, 0.29) is 35.5 Å². The summed E-state index contributed by atoms with van der Waals surface area (Å²) in [5, 5.41) is 0. The summed E-state index contributed by atoms with van der Waals surface area (Å²) in [4.78, 5) is 26.7. The number of nitrogens with zero attached hydrogens (tertiary/aromatic N) is 1. The van der Waals surface area contributed by atoms with Crippen molar-refractivity contribution in [3.8, 4) is 0 Å². The maximum Gasteiger partial charge on any atom is 0.234 e. The van der Waals surface area contributed by atoms with E-state index in [1.165, 1.54) is 4.90 Å². The van der Waals surface area contributed by atoms with Crippen LogP contribution in [0.5, 0.6) is 0 Å². The summed E-state index contributed by atoms with van der Waals surface area (Å²) in [7, 11) is 0. The van der Waals surface area contributed by atoms with Crippen LogP contribution < -0.4 is 0 Å². The SMILES string of the molecule is O=C1[C@@H]2[C@H](C(=O)N1Cc1ccccc1)[C@H]1C=C[C@H]2CC1. The fourth-order valence-electron chi connectivity index (χ4n) is 4.06. The maximum atomic E-state index is 12.6. The molecule has 1 saturated carbocycles. The van der Waals surface area contributed by atoms with Crippen LogP contribution in [0.4, 0.5) is 0 Å². The molecule has 5 rings (SSSR count). The van der Waals surface area contributed by atoms with E-state index in [1.807, 2.05) is 30.3 Å². The first-order chi connectivity index (χ1) is 9.75. The molecule has 102 valence electrons. The molecule has 2 bridgehead atoms. The van der Waals surface area contributed by atoms with Gasteiger partial charge in [0, 0.05) is 0 Å². The maximum absolute atomic E-state index is 12.6. The molecule has 1 aromatic carbocycles. The topological polar surface area (TPSA) is 37.4 Å². The van der Waals surface area contributed by atoms with Gasteiger partial charge in [-0.2, -0.15) is 0 Å². The third-order valence-corrected chi connectivity index (χ3v) is 5.03. The number of allylic oxidation sites excluding steroid dienone is 2. The number of hydrogen-bond donors (Lipinski definition) is 0. The van der Waals surface area contributed by atoms with E-state index in [0.29, 0.717) is 6.54 Å². The monoisotopic (exact) mass is 267 g/mol. The molecule has 20 heavy (non-hydrogen) atoms. The predicted molar refractivity (Wildman–Crippen MR) is 74.3 cm³/mol. The highest BCUT2D eigenvalue weighted by Gasteiger charge is 2.56. The van der Waals surface area contributed by atoms with Crippen molar-refractivity contribution in [1.29, 1.82) is 0 Å². The van der Waals surface area contributed by atoms with Crippen LogP contribution in [0.15, 0.2) is 42.5 Å². The Morgan fingerprint density at radius 3 is 1.95 bits per heavy atom. The number of carbonyl (C=O) groups is 2. The van der Waals surface area contributed by atoms with Gasteiger partial charge in [-0.05, 0) is 30.2 Å². The average molecular weight is 267 g/mol. The Morgan fingerprint density at radius 2 is 1.45 bits per heavy atom. The Balaban J connectivity index is 1.64. The van der Waals surface area contributed by atoms with Crippen LogP contribution in [0, 0.1) is 23.7 Å². The zero-order valence-electron chi connectivity index (χ0n) is 11.2. The van der Waals surface area contributed by atoms with E-state index >= 15 is 0 Å². The van der Waals surface area contributed by atoms with Gasteiger partial charge in [0.2, 0.25) is 11.8 Å². The second kappa shape index (κ2) is 4.30. The fraction of sp³-hybridized carbons (Fsp3) is 0.412. The number of imide groups is 1. The lowest BCUT2D eigenvalue weighted by atomic mass is 9.63. The highest BCUT2D eigenvalue weighted by Crippen LogP contribution is 2.49. The van der Waals surface area contributed by atoms with Crippen LogP contribution in [0.3, 0.4) is 0 Å². The van der Waals surface area contributed by atoms with Crippen LogP contribution in [0.25, 0.3) is 0 Å². The summed E-state index contributed by atoms with van der Waals surface area (Å²) in [6.45, 7) is 0.422. The van der Waals surface area contributed by atoms with Crippen LogP contribution >= 0.6 is 0 Å². The van der Waals surface area contributed by atoms with Crippen molar-refractivity contribution in [1.82, 2.24) is 4.90 Å². The number of rotatable bonds is 2. The largest absolute Gasteiger partial charge is 0.278 e. The van der Waals surface area contributed by atoms with Gasteiger partial charge in [0.25, 0.3) is 0 Å². The van der Waals surface area contributed by atoms with E-state index in [4.69, 9.17) is 0 Å². The Kier molecular flexibility index (Phi) is 2.56. The lowest BCUT2D eigenvalue weighted by Gasteiger charge is -2.38. The number of hydrogen-bond acceptors (Lipinski definition) is 2. The highest BCUT2D eigenvalue weighted by molar-refractivity contribution is 6.05. The van der Waals surface area contributed by atoms with Crippen molar-refractivity contribution in [2.45, 2.75) is 19.4 Å². The van der Waals surface area contributed by atoms with E-state index < -0.39 is 0 Å². The zero-order valence-corrected chi connectivity index (χ0v) is 11.2. The number of likely N-dealkylation sites (tertiary alicyclic amines) is 1. The number of amides is 2. The number of carbonyl (C=O) groups excluding carboxylic acids is 2. The van der Waals surface area contributed by atoms with Gasteiger partial charge in [-0.1, -0.05) is 42.5 Å². The molecule has 1 aliphatic heterocycles. The van der Waals surface area contributed by atoms with E-state index in [9.17, 15) is 9.59 Å². The van der Waals surface area contributed by atoms with Crippen molar-refractivity contribution in [2.24, 2.45) is 23.7 Å². The molecule has 1 aromatic rings. The van der Waals surface area contributed by atoms with E-state index in [0.717, 1.165) is 18.4 Å². The number of benzene rings is 1. The van der Waals surface area contributed by atoms with Gasteiger partial charge < -0.3 is 0 Å². The molecule has 0 N–H and O–H groups in total. The molecular formula is C17H17NO2. The second-order valence-electron chi connectivity index (χ2n) is 6.09. The van der Waals surface area contributed by atoms with Gasteiger partial charge in [0.1, 0.15) is 0 Å². The lowest BCUT2D eigenvalue weighted by molar-refractivity contribution is -0.140. The molecule has 2 amide bonds. The minimum atomic E-state index is -0.0880.